The molecule has 6 heteroatoms. The van der Waals surface area contributed by atoms with E-state index < -0.39 is 0 Å². The molecule has 0 aliphatic carbocycles. The van der Waals surface area contributed by atoms with Crippen LogP contribution in [0.25, 0.3) is 0 Å². The smallest absolute Gasteiger partial charge is 0.238 e. The largest absolute Gasteiger partial charge is 0.322 e. The third-order valence-electron chi connectivity index (χ3n) is 4.05. The van der Waals surface area contributed by atoms with Crippen molar-refractivity contribution in [3.63, 3.8) is 0 Å². The van der Waals surface area contributed by atoms with Crippen molar-refractivity contribution in [2.75, 3.05) is 11.9 Å². The van der Waals surface area contributed by atoms with Gasteiger partial charge in [-0.2, -0.15) is 0 Å². The average molecular weight is 386 g/mol. The number of nitrogens with zero attached hydrogens (tertiary/aromatic N) is 1. The molecule has 3 aromatic rings. The van der Waals surface area contributed by atoms with Crippen molar-refractivity contribution in [3.8, 4) is 0 Å². The first-order valence-corrected chi connectivity index (χ1v) is 9.69. The van der Waals surface area contributed by atoms with Crippen LogP contribution in [-0.4, -0.2) is 17.4 Å². The Bertz CT molecular complexity index is 850. The molecule has 4 nitrogen and oxygen atoms in total. The zero-order valence-electron chi connectivity index (χ0n) is 14.4. The van der Waals surface area contributed by atoms with Crippen LogP contribution in [0, 0.1) is 0 Å². The van der Waals surface area contributed by atoms with Crippen molar-refractivity contribution < 1.29 is 4.79 Å². The Kier molecular flexibility index (Phi) is 6.39. The van der Waals surface area contributed by atoms with Crippen LogP contribution < -0.4 is 10.6 Å². The Morgan fingerprint density at radius 2 is 2.00 bits per heavy atom. The third-order valence-corrected chi connectivity index (χ3v) is 5.29. The van der Waals surface area contributed by atoms with Gasteiger partial charge in [-0.1, -0.05) is 48.9 Å². The van der Waals surface area contributed by atoms with Gasteiger partial charge in [-0.15, -0.1) is 11.3 Å². The van der Waals surface area contributed by atoms with E-state index in [1.54, 1.807) is 29.7 Å². The molecule has 0 saturated carbocycles. The summed E-state index contributed by atoms with van der Waals surface area (Å²) >= 11 is 7.66. The molecule has 134 valence electrons. The molecular formula is C20H20ClN3OS. The lowest BCUT2D eigenvalue weighted by molar-refractivity contribution is -0.115. The minimum atomic E-state index is -0.161. The molecule has 2 aromatic heterocycles. The molecule has 1 atom stereocenters. The van der Waals surface area contributed by atoms with Gasteiger partial charge < -0.3 is 5.32 Å². The number of anilines is 1. The number of aryl methyl sites for hydroxylation is 1. The Morgan fingerprint density at radius 3 is 2.65 bits per heavy atom. The van der Waals surface area contributed by atoms with Gasteiger partial charge in [0.05, 0.1) is 18.3 Å². The van der Waals surface area contributed by atoms with E-state index in [-0.39, 0.29) is 23.6 Å². The molecule has 1 amide bonds. The highest BCUT2D eigenvalue weighted by Gasteiger charge is 2.16. The average Bonchev–Trinajstić information content (AvgIpc) is 3.19. The molecule has 1 aromatic carbocycles. The molecule has 26 heavy (non-hydrogen) atoms. The van der Waals surface area contributed by atoms with Crippen LogP contribution in [0.4, 0.5) is 5.69 Å². The lowest BCUT2D eigenvalue weighted by Gasteiger charge is -2.18. The topological polar surface area (TPSA) is 54.0 Å². The minimum Gasteiger partial charge on any atom is -0.322 e. The predicted molar refractivity (Wildman–Crippen MR) is 108 cm³/mol. The van der Waals surface area contributed by atoms with E-state index in [2.05, 4.69) is 52.9 Å². The number of hydrogen-bond donors (Lipinski definition) is 2. The van der Waals surface area contributed by atoms with Crippen LogP contribution in [-0.2, 0) is 11.2 Å². The minimum absolute atomic E-state index is 0.0315. The van der Waals surface area contributed by atoms with Crippen LogP contribution >= 0.6 is 22.9 Å². The van der Waals surface area contributed by atoms with Crippen LogP contribution in [0.15, 0.2) is 60.1 Å². The highest BCUT2D eigenvalue weighted by Crippen LogP contribution is 2.26. The predicted octanol–water partition coefficient (Wildman–Crippen LogP) is 4.68. The highest BCUT2D eigenvalue weighted by molar-refractivity contribution is 7.10. The number of benzene rings is 1. The third kappa shape index (κ3) is 4.69. The van der Waals surface area contributed by atoms with E-state index in [1.165, 1.54) is 10.4 Å². The van der Waals surface area contributed by atoms with Gasteiger partial charge in [0, 0.05) is 11.1 Å². The van der Waals surface area contributed by atoms with E-state index >= 15 is 0 Å². The van der Waals surface area contributed by atoms with Crippen molar-refractivity contribution in [1.29, 1.82) is 0 Å². The molecule has 0 fully saturated rings. The van der Waals surface area contributed by atoms with Crippen molar-refractivity contribution >= 4 is 34.5 Å². The van der Waals surface area contributed by atoms with Crippen LogP contribution in [0.2, 0.25) is 5.15 Å². The van der Waals surface area contributed by atoms with Gasteiger partial charge in [-0.3, -0.25) is 10.1 Å². The van der Waals surface area contributed by atoms with E-state index in [0.717, 1.165) is 12.0 Å². The number of carbonyl (C=O) groups excluding carboxylic acids is 1. The second-order valence-electron chi connectivity index (χ2n) is 5.81. The molecule has 0 saturated heterocycles. The summed E-state index contributed by atoms with van der Waals surface area (Å²) in [5, 5.41) is 8.46. The number of aromatic nitrogens is 1. The van der Waals surface area contributed by atoms with E-state index in [1.807, 2.05) is 11.4 Å². The SMILES string of the molecule is CCc1ccc([C@@H](NCC(=O)Nc2cccnc2Cl)c2cccs2)cc1. The van der Waals surface area contributed by atoms with Crippen molar-refractivity contribution in [3.05, 3.63) is 81.3 Å². The normalized spacial score (nSPS) is 11.9. The monoisotopic (exact) mass is 385 g/mol. The molecule has 0 spiro atoms. The van der Waals surface area contributed by atoms with Gasteiger partial charge in [0.25, 0.3) is 0 Å². The molecule has 3 rings (SSSR count). The molecular weight excluding hydrogens is 366 g/mol. The number of pyridine rings is 1. The summed E-state index contributed by atoms with van der Waals surface area (Å²) in [7, 11) is 0. The zero-order valence-corrected chi connectivity index (χ0v) is 16.0. The highest BCUT2D eigenvalue weighted by atomic mass is 35.5. The fourth-order valence-corrected chi connectivity index (χ4v) is 3.65. The van der Waals surface area contributed by atoms with E-state index in [0.29, 0.717) is 5.69 Å². The number of rotatable bonds is 7. The molecule has 0 radical (unpaired) electrons. The first kappa shape index (κ1) is 18.6. The Morgan fingerprint density at radius 1 is 1.19 bits per heavy atom. The van der Waals surface area contributed by atoms with Gasteiger partial charge in [-0.25, -0.2) is 4.98 Å². The molecule has 2 N–H and O–H groups in total. The van der Waals surface area contributed by atoms with E-state index in [4.69, 9.17) is 11.6 Å². The fourth-order valence-electron chi connectivity index (χ4n) is 2.65. The van der Waals surface area contributed by atoms with Gasteiger partial charge in [0.1, 0.15) is 0 Å². The van der Waals surface area contributed by atoms with Crippen LogP contribution in [0.1, 0.15) is 29.0 Å². The van der Waals surface area contributed by atoms with Crippen molar-refractivity contribution in [2.24, 2.45) is 0 Å². The summed E-state index contributed by atoms with van der Waals surface area (Å²) in [5.41, 5.74) is 2.94. The van der Waals surface area contributed by atoms with Crippen molar-refractivity contribution in [2.45, 2.75) is 19.4 Å². The summed E-state index contributed by atoms with van der Waals surface area (Å²) in [4.78, 5) is 17.4. The molecule has 0 bridgehead atoms. The van der Waals surface area contributed by atoms with Crippen LogP contribution in [0.3, 0.4) is 0 Å². The van der Waals surface area contributed by atoms with Gasteiger partial charge in [-0.05, 0) is 41.1 Å². The van der Waals surface area contributed by atoms with Gasteiger partial charge >= 0.3 is 0 Å². The second kappa shape index (κ2) is 8.94. The molecule has 2 heterocycles. The summed E-state index contributed by atoms with van der Waals surface area (Å²) < 4.78 is 0. The maximum absolute atomic E-state index is 12.3. The molecule has 0 aliphatic rings. The summed E-state index contributed by atoms with van der Waals surface area (Å²) in [6, 6.07) is 16.0. The van der Waals surface area contributed by atoms with Crippen molar-refractivity contribution in [1.82, 2.24) is 10.3 Å². The Hall–Kier alpha value is -2.21. The fraction of sp³-hybridized carbons (Fsp3) is 0.200. The quantitative estimate of drug-likeness (QED) is 0.581. The summed E-state index contributed by atoms with van der Waals surface area (Å²) in [5.74, 6) is -0.161. The van der Waals surface area contributed by atoms with Gasteiger partial charge in [0.15, 0.2) is 5.15 Å². The standard InChI is InChI=1S/C20H20ClN3OS/c1-2-14-7-9-15(10-8-14)19(17-6-4-12-26-17)23-13-18(25)24-16-5-3-11-22-20(16)21/h3-12,19,23H,2,13H2,1H3,(H,24,25)/t19-/m1/s1. The first-order chi connectivity index (χ1) is 12.7. The molecule has 0 unspecified atom stereocenters. The second-order valence-corrected chi connectivity index (χ2v) is 7.15. The Labute approximate surface area is 162 Å². The summed E-state index contributed by atoms with van der Waals surface area (Å²) in [6.45, 7) is 2.31. The number of carbonyl (C=O) groups is 1. The Balaban J connectivity index is 1.70. The number of nitrogens with one attached hydrogen (secondary N) is 2. The van der Waals surface area contributed by atoms with Crippen LogP contribution in [0.5, 0.6) is 0 Å². The number of amides is 1. The zero-order chi connectivity index (χ0) is 18.4. The summed E-state index contributed by atoms with van der Waals surface area (Å²) in [6.07, 6.45) is 2.59. The first-order valence-electron chi connectivity index (χ1n) is 8.43. The number of hydrogen-bond acceptors (Lipinski definition) is 4. The number of thiophene rings is 1. The van der Waals surface area contributed by atoms with E-state index in [9.17, 15) is 4.79 Å². The maximum Gasteiger partial charge on any atom is 0.238 e. The lowest BCUT2D eigenvalue weighted by atomic mass is 10.0. The number of halogens is 1. The molecule has 0 aliphatic heterocycles. The maximum atomic E-state index is 12.3. The van der Waals surface area contributed by atoms with Gasteiger partial charge in [0.2, 0.25) is 5.91 Å². The lowest BCUT2D eigenvalue weighted by Crippen LogP contribution is -2.31.